The van der Waals surface area contributed by atoms with Crippen molar-refractivity contribution in [2.45, 2.75) is 6.54 Å². The molecule has 0 unspecified atom stereocenters. The molecular weight excluding hydrogens is 318 g/mol. The highest BCUT2D eigenvalue weighted by molar-refractivity contribution is 6.30. The van der Waals surface area contributed by atoms with Gasteiger partial charge < -0.3 is 14.7 Å². The van der Waals surface area contributed by atoms with Crippen molar-refractivity contribution in [3.05, 3.63) is 75.7 Å². The van der Waals surface area contributed by atoms with E-state index in [0.29, 0.717) is 22.0 Å². The molecule has 3 rings (SSSR count). The Morgan fingerprint density at radius 3 is 2.74 bits per heavy atom. The Balaban J connectivity index is 1.83. The molecule has 2 aromatic heterocycles. The number of hydrogen-bond acceptors (Lipinski definition) is 4. The summed E-state index contributed by atoms with van der Waals surface area (Å²) in [6.45, 7) is 0.229. The number of furan rings is 1. The number of aromatic amines is 1. The molecule has 3 aromatic rings. The minimum atomic E-state index is -0.597. The van der Waals surface area contributed by atoms with Crippen LogP contribution in [0.5, 0.6) is 0 Å². The minimum Gasteiger partial charge on any atom is -0.467 e. The third kappa shape index (κ3) is 3.67. The molecule has 116 valence electrons. The summed E-state index contributed by atoms with van der Waals surface area (Å²) in [5, 5.41) is 3.24. The highest BCUT2D eigenvalue weighted by Crippen LogP contribution is 2.19. The van der Waals surface area contributed by atoms with Gasteiger partial charge in [-0.3, -0.25) is 4.79 Å². The van der Waals surface area contributed by atoms with Crippen LogP contribution in [-0.4, -0.2) is 15.9 Å². The molecule has 2 heterocycles. The molecule has 23 heavy (non-hydrogen) atoms. The number of nitrogens with zero attached hydrogens (tertiary/aromatic N) is 1. The van der Waals surface area contributed by atoms with Gasteiger partial charge in [-0.15, -0.1) is 0 Å². The van der Waals surface area contributed by atoms with E-state index < -0.39 is 11.6 Å². The Hall–Kier alpha value is -2.86. The average Bonchev–Trinajstić information content (AvgIpc) is 3.06. The molecule has 0 aliphatic heterocycles. The van der Waals surface area contributed by atoms with Crippen molar-refractivity contribution in [3.63, 3.8) is 0 Å². The number of nitrogens with one attached hydrogen (secondary N) is 2. The van der Waals surface area contributed by atoms with Crippen LogP contribution in [0.4, 0.5) is 0 Å². The van der Waals surface area contributed by atoms with Gasteiger partial charge in [0.25, 0.3) is 5.91 Å². The average molecular weight is 330 g/mol. The van der Waals surface area contributed by atoms with Gasteiger partial charge in [0.1, 0.15) is 11.5 Å². The molecule has 0 saturated carbocycles. The third-order valence-electron chi connectivity index (χ3n) is 3.13. The zero-order chi connectivity index (χ0) is 16.2. The Bertz CT molecular complexity index is 870. The van der Waals surface area contributed by atoms with E-state index in [2.05, 4.69) is 15.3 Å². The largest absolute Gasteiger partial charge is 0.467 e. The van der Waals surface area contributed by atoms with Gasteiger partial charge in [0.15, 0.2) is 0 Å². The van der Waals surface area contributed by atoms with Gasteiger partial charge in [-0.25, -0.2) is 4.79 Å². The van der Waals surface area contributed by atoms with Crippen LogP contribution in [0, 0.1) is 0 Å². The highest BCUT2D eigenvalue weighted by Gasteiger charge is 2.11. The van der Waals surface area contributed by atoms with Gasteiger partial charge >= 0.3 is 5.69 Å². The molecular formula is C16H12ClN3O3. The van der Waals surface area contributed by atoms with Gasteiger partial charge in [-0.05, 0) is 30.3 Å². The zero-order valence-electron chi connectivity index (χ0n) is 11.9. The third-order valence-corrected chi connectivity index (χ3v) is 3.38. The SMILES string of the molecule is O=C(NCc1ccco1)c1cc(-c2ccc(Cl)cc2)nc(=O)[nH]1. The first-order chi connectivity index (χ1) is 11.1. The lowest BCUT2D eigenvalue weighted by molar-refractivity contribution is 0.0942. The first-order valence-electron chi connectivity index (χ1n) is 6.80. The molecule has 0 spiro atoms. The van der Waals surface area contributed by atoms with Gasteiger partial charge in [0, 0.05) is 10.6 Å². The fourth-order valence-electron chi connectivity index (χ4n) is 2.02. The van der Waals surface area contributed by atoms with Crippen LogP contribution in [-0.2, 0) is 6.54 Å². The molecule has 0 aliphatic carbocycles. The van der Waals surface area contributed by atoms with Gasteiger partial charge in [-0.1, -0.05) is 23.7 Å². The van der Waals surface area contributed by atoms with Crippen LogP contribution in [0.15, 0.2) is 57.9 Å². The van der Waals surface area contributed by atoms with E-state index in [9.17, 15) is 9.59 Å². The Kier molecular flexibility index (Phi) is 4.25. The first-order valence-corrected chi connectivity index (χ1v) is 7.17. The summed E-state index contributed by atoms with van der Waals surface area (Å²) >= 11 is 5.84. The maximum absolute atomic E-state index is 12.2. The second-order valence-corrected chi connectivity index (χ2v) is 5.19. The molecule has 6 nitrogen and oxygen atoms in total. The number of hydrogen-bond donors (Lipinski definition) is 2. The molecule has 0 aliphatic rings. The lowest BCUT2D eigenvalue weighted by atomic mass is 10.1. The Morgan fingerprint density at radius 1 is 1.26 bits per heavy atom. The molecule has 2 N–H and O–H groups in total. The maximum Gasteiger partial charge on any atom is 0.346 e. The molecule has 0 bridgehead atoms. The number of rotatable bonds is 4. The second kappa shape index (κ2) is 6.50. The molecule has 0 fully saturated rings. The monoisotopic (exact) mass is 329 g/mol. The van der Waals surface area contributed by atoms with Crippen LogP contribution in [0.3, 0.4) is 0 Å². The number of aromatic nitrogens is 2. The van der Waals surface area contributed by atoms with Crippen LogP contribution in [0.1, 0.15) is 16.2 Å². The summed E-state index contributed by atoms with van der Waals surface area (Å²) in [7, 11) is 0. The zero-order valence-corrected chi connectivity index (χ0v) is 12.6. The number of H-pyrrole nitrogens is 1. The molecule has 1 amide bonds. The summed E-state index contributed by atoms with van der Waals surface area (Å²) in [5.74, 6) is 0.198. The van der Waals surface area contributed by atoms with E-state index in [4.69, 9.17) is 16.0 Å². The molecule has 0 saturated heterocycles. The van der Waals surface area contributed by atoms with Crippen molar-refractivity contribution in [1.82, 2.24) is 15.3 Å². The maximum atomic E-state index is 12.2. The lowest BCUT2D eigenvalue weighted by Crippen LogP contribution is -2.27. The molecule has 7 heteroatoms. The Labute approximate surface area is 136 Å². The smallest absolute Gasteiger partial charge is 0.346 e. The van der Waals surface area contributed by atoms with E-state index in [1.807, 2.05) is 0 Å². The topological polar surface area (TPSA) is 88.0 Å². The van der Waals surface area contributed by atoms with Crippen LogP contribution in [0.25, 0.3) is 11.3 Å². The lowest BCUT2D eigenvalue weighted by Gasteiger charge is -2.05. The van der Waals surface area contributed by atoms with E-state index in [0.717, 1.165) is 0 Å². The van der Waals surface area contributed by atoms with Crippen molar-refractivity contribution >= 4 is 17.5 Å². The normalized spacial score (nSPS) is 10.5. The minimum absolute atomic E-state index is 0.126. The van der Waals surface area contributed by atoms with Gasteiger partial charge in [-0.2, -0.15) is 4.98 Å². The van der Waals surface area contributed by atoms with Crippen molar-refractivity contribution < 1.29 is 9.21 Å². The van der Waals surface area contributed by atoms with E-state index in [-0.39, 0.29) is 12.2 Å². The fraction of sp³-hybridized carbons (Fsp3) is 0.0625. The number of carbonyl (C=O) groups excluding carboxylic acids is 1. The standard InChI is InChI=1S/C16H12ClN3O3/c17-11-5-3-10(4-6-11)13-8-14(20-16(22)19-13)15(21)18-9-12-2-1-7-23-12/h1-8H,9H2,(H,18,21)(H,19,20,22). The van der Waals surface area contributed by atoms with Crippen molar-refractivity contribution in [2.24, 2.45) is 0 Å². The summed E-state index contributed by atoms with van der Waals surface area (Å²) in [6.07, 6.45) is 1.52. The Morgan fingerprint density at radius 2 is 2.04 bits per heavy atom. The predicted octanol–water partition coefficient (Wildman–Crippen LogP) is 2.61. The number of carbonyl (C=O) groups is 1. The summed E-state index contributed by atoms with van der Waals surface area (Å²) < 4.78 is 5.14. The first kappa shape index (κ1) is 15.1. The van der Waals surface area contributed by atoms with Crippen LogP contribution >= 0.6 is 11.6 Å². The highest BCUT2D eigenvalue weighted by atomic mass is 35.5. The molecule has 0 atom stereocenters. The number of halogens is 1. The second-order valence-electron chi connectivity index (χ2n) is 4.75. The van der Waals surface area contributed by atoms with Crippen molar-refractivity contribution in [2.75, 3.05) is 0 Å². The van der Waals surface area contributed by atoms with E-state index in [1.54, 1.807) is 36.4 Å². The summed E-state index contributed by atoms with van der Waals surface area (Å²) in [5.41, 5.74) is 0.622. The van der Waals surface area contributed by atoms with Crippen LogP contribution in [0.2, 0.25) is 5.02 Å². The van der Waals surface area contributed by atoms with E-state index >= 15 is 0 Å². The van der Waals surface area contributed by atoms with E-state index in [1.165, 1.54) is 12.3 Å². The summed E-state index contributed by atoms with van der Waals surface area (Å²) in [6, 6.07) is 11.8. The van der Waals surface area contributed by atoms with Gasteiger partial charge in [0.05, 0.1) is 18.5 Å². The quantitative estimate of drug-likeness (QED) is 0.770. The summed E-state index contributed by atoms with van der Waals surface area (Å²) in [4.78, 5) is 30.2. The number of amides is 1. The molecule has 1 aromatic carbocycles. The molecule has 0 radical (unpaired) electrons. The predicted molar refractivity (Wildman–Crippen MR) is 85.2 cm³/mol. The van der Waals surface area contributed by atoms with Crippen molar-refractivity contribution in [1.29, 1.82) is 0 Å². The number of benzene rings is 1. The van der Waals surface area contributed by atoms with Crippen molar-refractivity contribution in [3.8, 4) is 11.3 Å². The van der Waals surface area contributed by atoms with Gasteiger partial charge in [0.2, 0.25) is 0 Å². The fourth-order valence-corrected chi connectivity index (χ4v) is 2.15. The van der Waals surface area contributed by atoms with Crippen LogP contribution < -0.4 is 11.0 Å².